The zero-order valence-corrected chi connectivity index (χ0v) is 15.9. The lowest BCUT2D eigenvalue weighted by Gasteiger charge is -2.16. The van der Waals surface area contributed by atoms with E-state index in [1.54, 1.807) is 6.07 Å². The molecule has 1 atom stereocenters. The number of carbonyl (C=O) groups excluding carboxylic acids is 1. The number of alkyl halides is 6. The first-order valence-electron chi connectivity index (χ1n) is 8.43. The number of benzene rings is 1. The second kappa shape index (κ2) is 8.32. The zero-order chi connectivity index (χ0) is 23.0. The van der Waals surface area contributed by atoms with Crippen LogP contribution in [0.25, 0.3) is 0 Å². The second-order valence-corrected chi connectivity index (χ2v) is 8.67. The SMILES string of the molecule is O=C(NS(=O)(=O)CC1(O)CC1)C1NCc2ccccc21.OC(C(F)(F)F)C(F)(F)F. The number of fused-ring (bicyclic) bond motifs is 1. The summed E-state index contributed by atoms with van der Waals surface area (Å²) in [5, 5.41) is 20.1. The predicted octanol–water partition coefficient (Wildman–Crippen LogP) is 1.27. The summed E-state index contributed by atoms with van der Waals surface area (Å²) in [6.07, 6.45) is -14.6. The maximum atomic E-state index is 12.1. The molecule has 2 aliphatic rings. The average molecular weight is 464 g/mol. The van der Waals surface area contributed by atoms with Crippen LogP contribution in [0.1, 0.15) is 30.0 Å². The summed E-state index contributed by atoms with van der Waals surface area (Å²) in [5.74, 6) is -1.01. The van der Waals surface area contributed by atoms with Gasteiger partial charge in [-0.3, -0.25) is 14.8 Å². The summed E-state index contributed by atoms with van der Waals surface area (Å²) in [5.41, 5.74) is 0.642. The van der Waals surface area contributed by atoms with E-state index in [2.05, 4.69) is 5.32 Å². The van der Waals surface area contributed by atoms with E-state index in [0.29, 0.717) is 19.4 Å². The van der Waals surface area contributed by atoms with Crippen molar-refractivity contribution < 1.29 is 49.8 Å². The van der Waals surface area contributed by atoms with Gasteiger partial charge in [0.15, 0.2) is 0 Å². The molecule has 1 fully saturated rings. The Bertz CT molecular complexity index is 869. The fourth-order valence-electron chi connectivity index (χ4n) is 2.61. The molecule has 0 aromatic heterocycles. The summed E-state index contributed by atoms with van der Waals surface area (Å²) in [7, 11) is -3.81. The highest BCUT2D eigenvalue weighted by atomic mass is 32.2. The van der Waals surface area contributed by atoms with E-state index >= 15 is 0 Å². The van der Waals surface area contributed by atoms with Crippen LogP contribution in [-0.2, 0) is 21.4 Å². The summed E-state index contributed by atoms with van der Waals surface area (Å²) >= 11 is 0. The minimum atomic E-state index is -5.63. The van der Waals surface area contributed by atoms with Crippen LogP contribution in [0.3, 0.4) is 0 Å². The number of nitrogens with one attached hydrogen (secondary N) is 2. The van der Waals surface area contributed by atoms with Crippen molar-refractivity contribution in [3.63, 3.8) is 0 Å². The standard InChI is InChI=1S/C13H16N2O4S.C3H2F6O/c16-12(15-20(18,19)8-13(17)5-6-13)11-10-4-2-1-3-9(10)7-14-11;4-2(5,6)1(10)3(7,8)9/h1-4,11,14,17H,5-8H2,(H,15,16);1,10H. The molecule has 1 aromatic rings. The molecule has 1 unspecified atom stereocenters. The van der Waals surface area contributed by atoms with Crippen molar-refractivity contribution >= 4 is 15.9 Å². The lowest BCUT2D eigenvalue weighted by Crippen LogP contribution is -2.41. The molecule has 7 nitrogen and oxygen atoms in total. The summed E-state index contributed by atoms with van der Waals surface area (Å²) in [4.78, 5) is 12.1. The van der Waals surface area contributed by atoms with Gasteiger partial charge in [0.25, 0.3) is 5.91 Å². The number of rotatable bonds is 4. The van der Waals surface area contributed by atoms with Crippen molar-refractivity contribution in [3.05, 3.63) is 35.4 Å². The molecule has 4 N–H and O–H groups in total. The topological polar surface area (TPSA) is 116 Å². The molecule has 1 aromatic carbocycles. The third kappa shape index (κ3) is 6.55. The third-order valence-corrected chi connectivity index (χ3v) is 5.72. The van der Waals surface area contributed by atoms with Crippen LogP contribution >= 0.6 is 0 Å². The largest absolute Gasteiger partial charge is 0.423 e. The number of hydrogen-bond acceptors (Lipinski definition) is 6. The van der Waals surface area contributed by atoms with E-state index in [1.165, 1.54) is 0 Å². The first kappa shape index (κ1) is 24.4. The van der Waals surface area contributed by atoms with Gasteiger partial charge < -0.3 is 10.2 Å². The smallest absolute Gasteiger partial charge is 0.389 e. The van der Waals surface area contributed by atoms with Gasteiger partial charge >= 0.3 is 12.4 Å². The predicted molar refractivity (Wildman–Crippen MR) is 90.3 cm³/mol. The molecule has 1 aliphatic heterocycles. The van der Waals surface area contributed by atoms with Crippen molar-refractivity contribution in [2.45, 2.75) is 49.5 Å². The van der Waals surface area contributed by atoms with Crippen LogP contribution in [0.5, 0.6) is 0 Å². The molecule has 1 amide bonds. The molecule has 170 valence electrons. The number of carbonyl (C=O) groups is 1. The zero-order valence-electron chi connectivity index (χ0n) is 15.1. The molecule has 1 aliphatic carbocycles. The van der Waals surface area contributed by atoms with Crippen LogP contribution in [0.4, 0.5) is 26.3 Å². The Hall–Kier alpha value is -1.90. The molecule has 14 heteroatoms. The number of amides is 1. The molecule has 0 spiro atoms. The van der Waals surface area contributed by atoms with Crippen LogP contribution in [0.2, 0.25) is 0 Å². The van der Waals surface area contributed by atoms with Gasteiger partial charge in [-0.1, -0.05) is 24.3 Å². The molecule has 0 bridgehead atoms. The normalized spacial score (nSPS) is 20.2. The van der Waals surface area contributed by atoms with Crippen LogP contribution < -0.4 is 10.0 Å². The Balaban J connectivity index is 0.000000274. The average Bonchev–Trinajstić information content (AvgIpc) is 3.14. The van der Waals surface area contributed by atoms with Gasteiger partial charge in [-0.2, -0.15) is 26.3 Å². The van der Waals surface area contributed by atoms with Crippen molar-refractivity contribution in [1.29, 1.82) is 0 Å². The summed E-state index contributed by atoms with van der Waals surface area (Å²) < 4.78 is 91.6. The highest BCUT2D eigenvalue weighted by Crippen LogP contribution is 2.36. The van der Waals surface area contributed by atoms with Gasteiger partial charge in [-0.15, -0.1) is 0 Å². The molecular weight excluding hydrogens is 446 g/mol. The quantitative estimate of drug-likeness (QED) is 0.499. The van der Waals surface area contributed by atoms with E-state index < -0.39 is 51.8 Å². The summed E-state index contributed by atoms with van der Waals surface area (Å²) in [6, 6.07) is 6.74. The molecule has 0 saturated heterocycles. The molecule has 30 heavy (non-hydrogen) atoms. The molecule has 1 saturated carbocycles. The van der Waals surface area contributed by atoms with Crippen molar-refractivity contribution in [1.82, 2.24) is 10.0 Å². The third-order valence-electron chi connectivity index (χ3n) is 4.29. The Labute approximate surface area is 167 Å². The maximum Gasteiger partial charge on any atom is 0.423 e. The molecule has 3 rings (SSSR count). The monoisotopic (exact) mass is 464 g/mol. The van der Waals surface area contributed by atoms with Gasteiger partial charge in [0, 0.05) is 6.54 Å². The summed E-state index contributed by atoms with van der Waals surface area (Å²) in [6.45, 7) is 0.540. The van der Waals surface area contributed by atoms with E-state index in [-0.39, 0.29) is 0 Å². The van der Waals surface area contributed by atoms with Crippen molar-refractivity contribution in [3.8, 4) is 0 Å². The van der Waals surface area contributed by atoms with Crippen molar-refractivity contribution in [2.75, 3.05) is 5.75 Å². The maximum absolute atomic E-state index is 12.1. The lowest BCUT2D eigenvalue weighted by molar-refractivity contribution is -0.308. The van der Waals surface area contributed by atoms with Crippen LogP contribution in [0.15, 0.2) is 24.3 Å². The first-order valence-corrected chi connectivity index (χ1v) is 10.1. The van der Waals surface area contributed by atoms with E-state index in [4.69, 9.17) is 5.11 Å². The van der Waals surface area contributed by atoms with Crippen LogP contribution in [-0.4, -0.2) is 54.3 Å². The number of aliphatic hydroxyl groups is 2. The number of aliphatic hydroxyl groups excluding tert-OH is 1. The van der Waals surface area contributed by atoms with E-state index in [9.17, 15) is 44.7 Å². The van der Waals surface area contributed by atoms with Gasteiger partial charge in [-0.25, -0.2) is 8.42 Å². The Kier molecular flexibility index (Phi) is 6.76. The Morgan fingerprint density at radius 2 is 1.70 bits per heavy atom. The highest BCUT2D eigenvalue weighted by molar-refractivity contribution is 7.90. The van der Waals surface area contributed by atoms with Crippen LogP contribution in [0, 0.1) is 0 Å². The van der Waals surface area contributed by atoms with Gasteiger partial charge in [0.05, 0.1) is 11.4 Å². The van der Waals surface area contributed by atoms with E-state index in [0.717, 1.165) is 11.1 Å². The fourth-order valence-corrected chi connectivity index (χ4v) is 4.10. The number of sulfonamides is 1. The minimum absolute atomic E-state index is 0.417. The second-order valence-electron chi connectivity index (χ2n) is 6.95. The molecule has 1 heterocycles. The number of halogens is 6. The molecular formula is C16H18F6N2O5S. The van der Waals surface area contributed by atoms with E-state index in [1.807, 2.05) is 22.9 Å². The molecule has 0 radical (unpaired) electrons. The number of hydrogen-bond donors (Lipinski definition) is 4. The van der Waals surface area contributed by atoms with Gasteiger partial charge in [0.2, 0.25) is 16.1 Å². The first-order chi connectivity index (χ1) is 13.5. The lowest BCUT2D eigenvalue weighted by atomic mass is 10.1. The van der Waals surface area contributed by atoms with Crippen molar-refractivity contribution in [2.24, 2.45) is 0 Å². The van der Waals surface area contributed by atoms with Gasteiger partial charge in [-0.05, 0) is 24.0 Å². The van der Waals surface area contributed by atoms with Gasteiger partial charge in [0.1, 0.15) is 6.04 Å². The Morgan fingerprint density at radius 3 is 2.17 bits per heavy atom. The highest BCUT2D eigenvalue weighted by Gasteiger charge is 2.55. The Morgan fingerprint density at radius 1 is 1.17 bits per heavy atom. The minimum Gasteiger partial charge on any atom is -0.389 e. The fraction of sp³-hybridized carbons (Fsp3) is 0.562.